The Labute approximate surface area is 74.4 Å². The predicted octanol–water partition coefficient (Wildman–Crippen LogP) is 2.97. The molecule has 1 nitrogen and oxygen atoms in total. The van der Waals surface area contributed by atoms with Gasteiger partial charge in [0.25, 0.3) is 0 Å². The van der Waals surface area contributed by atoms with Crippen LogP contribution in [0.3, 0.4) is 0 Å². The van der Waals surface area contributed by atoms with Crippen molar-refractivity contribution in [1.82, 2.24) is 0 Å². The largest absolute Gasteiger partial charge is 0.494 e. The smallest absolute Gasteiger partial charge is 0.120 e. The molecule has 1 rings (SSSR count). The van der Waals surface area contributed by atoms with Crippen molar-refractivity contribution in [2.45, 2.75) is 26.7 Å². The Morgan fingerprint density at radius 2 is 2.25 bits per heavy atom. The van der Waals surface area contributed by atoms with Gasteiger partial charge in [-0.05, 0) is 37.1 Å². The van der Waals surface area contributed by atoms with Crippen LogP contribution in [0.1, 0.15) is 25.3 Å². The number of rotatable bonds is 4. The fraction of sp³-hybridized carbons (Fsp3) is 0.455. The molecule has 0 aromatic heterocycles. The molecule has 0 aliphatic carbocycles. The van der Waals surface area contributed by atoms with Crippen LogP contribution in [-0.4, -0.2) is 6.61 Å². The van der Waals surface area contributed by atoms with Gasteiger partial charge in [0.1, 0.15) is 5.75 Å². The molecule has 0 saturated carbocycles. The second-order valence-electron chi connectivity index (χ2n) is 2.95. The summed E-state index contributed by atoms with van der Waals surface area (Å²) in [7, 11) is 0. The summed E-state index contributed by atoms with van der Waals surface area (Å²) in [5, 5.41) is 0. The second-order valence-corrected chi connectivity index (χ2v) is 2.95. The van der Waals surface area contributed by atoms with Crippen LogP contribution in [0, 0.1) is 13.0 Å². The molecular weight excluding hydrogens is 148 g/mol. The summed E-state index contributed by atoms with van der Waals surface area (Å²) < 4.78 is 5.50. The van der Waals surface area contributed by atoms with Crippen molar-refractivity contribution in [3.05, 3.63) is 29.8 Å². The number of ether oxygens (including phenoxy) is 1. The van der Waals surface area contributed by atoms with E-state index < -0.39 is 0 Å². The van der Waals surface area contributed by atoms with Crippen LogP contribution in [0.2, 0.25) is 0 Å². The number of benzene rings is 1. The molecule has 1 aromatic rings. The molecule has 0 saturated heterocycles. The standard InChI is InChI=1S/C11H15O/c1-3-4-8-12-11-7-5-6-10(2)9-11/h6-7,9H,3-4,8H2,1-2H3. The Bertz CT molecular complexity index is 230. The minimum absolute atomic E-state index is 0.813. The summed E-state index contributed by atoms with van der Waals surface area (Å²) in [5.74, 6) is 0.934. The van der Waals surface area contributed by atoms with Crippen molar-refractivity contribution in [2.75, 3.05) is 6.61 Å². The van der Waals surface area contributed by atoms with E-state index in [1.165, 1.54) is 12.0 Å². The van der Waals surface area contributed by atoms with E-state index in [0.29, 0.717) is 0 Å². The van der Waals surface area contributed by atoms with Crippen molar-refractivity contribution in [3.63, 3.8) is 0 Å². The molecule has 1 aromatic carbocycles. The Balaban J connectivity index is 2.41. The zero-order valence-corrected chi connectivity index (χ0v) is 7.76. The van der Waals surface area contributed by atoms with Gasteiger partial charge in [-0.2, -0.15) is 0 Å². The van der Waals surface area contributed by atoms with Gasteiger partial charge in [-0.3, -0.25) is 0 Å². The van der Waals surface area contributed by atoms with Gasteiger partial charge in [0.05, 0.1) is 6.61 Å². The fourth-order valence-electron chi connectivity index (χ4n) is 0.981. The Kier molecular flexibility index (Phi) is 3.65. The maximum Gasteiger partial charge on any atom is 0.120 e. The first kappa shape index (κ1) is 9.11. The second kappa shape index (κ2) is 4.81. The average molecular weight is 163 g/mol. The van der Waals surface area contributed by atoms with E-state index in [-0.39, 0.29) is 0 Å². The van der Waals surface area contributed by atoms with Gasteiger partial charge < -0.3 is 4.74 Å². The van der Waals surface area contributed by atoms with Crippen LogP contribution in [0.25, 0.3) is 0 Å². The molecule has 0 atom stereocenters. The van der Waals surface area contributed by atoms with E-state index >= 15 is 0 Å². The molecule has 65 valence electrons. The average Bonchev–Trinajstić information content (AvgIpc) is 2.05. The van der Waals surface area contributed by atoms with E-state index in [1.807, 2.05) is 25.1 Å². The van der Waals surface area contributed by atoms with Gasteiger partial charge in [-0.25, -0.2) is 0 Å². The summed E-state index contributed by atoms with van der Waals surface area (Å²) in [6.45, 7) is 5.02. The van der Waals surface area contributed by atoms with Gasteiger partial charge in [0.15, 0.2) is 0 Å². The van der Waals surface area contributed by atoms with Crippen molar-refractivity contribution in [1.29, 1.82) is 0 Å². The first-order valence-corrected chi connectivity index (χ1v) is 4.43. The molecule has 0 fully saturated rings. The maximum atomic E-state index is 5.50. The van der Waals surface area contributed by atoms with Crippen molar-refractivity contribution < 1.29 is 4.74 Å². The van der Waals surface area contributed by atoms with Gasteiger partial charge >= 0.3 is 0 Å². The van der Waals surface area contributed by atoms with E-state index in [9.17, 15) is 0 Å². The Hall–Kier alpha value is -0.980. The molecular formula is C11H15O. The molecule has 0 spiro atoms. The first-order valence-electron chi connectivity index (χ1n) is 4.43. The number of unbranched alkanes of at least 4 members (excludes halogenated alkanes) is 1. The van der Waals surface area contributed by atoms with E-state index in [0.717, 1.165) is 18.8 Å². The quantitative estimate of drug-likeness (QED) is 0.620. The predicted molar refractivity (Wildman–Crippen MR) is 50.4 cm³/mol. The summed E-state index contributed by atoms with van der Waals surface area (Å²) >= 11 is 0. The monoisotopic (exact) mass is 163 g/mol. The van der Waals surface area contributed by atoms with Crippen molar-refractivity contribution in [3.8, 4) is 5.75 Å². The molecule has 0 amide bonds. The maximum absolute atomic E-state index is 5.50. The SMILES string of the molecule is CCCCOc1c[c]cc(C)c1. The number of aryl methyl sites for hydroxylation is 1. The molecule has 0 heterocycles. The van der Waals surface area contributed by atoms with Crippen molar-refractivity contribution in [2.24, 2.45) is 0 Å². The summed E-state index contributed by atoms with van der Waals surface area (Å²) in [6, 6.07) is 8.89. The van der Waals surface area contributed by atoms with Crippen LogP contribution < -0.4 is 4.74 Å². The molecule has 0 unspecified atom stereocenters. The summed E-state index contributed by atoms with van der Waals surface area (Å²) in [6.07, 6.45) is 2.30. The van der Waals surface area contributed by atoms with Gasteiger partial charge in [-0.1, -0.05) is 19.4 Å². The third kappa shape index (κ3) is 2.95. The highest BCUT2D eigenvalue weighted by atomic mass is 16.5. The zero-order chi connectivity index (χ0) is 8.81. The zero-order valence-electron chi connectivity index (χ0n) is 7.76. The van der Waals surface area contributed by atoms with Gasteiger partial charge in [0, 0.05) is 0 Å². The van der Waals surface area contributed by atoms with Crippen molar-refractivity contribution >= 4 is 0 Å². The molecule has 0 bridgehead atoms. The lowest BCUT2D eigenvalue weighted by Gasteiger charge is -2.04. The van der Waals surface area contributed by atoms with Gasteiger partial charge in [-0.15, -0.1) is 0 Å². The van der Waals surface area contributed by atoms with E-state index in [1.54, 1.807) is 0 Å². The topological polar surface area (TPSA) is 9.23 Å². The first-order chi connectivity index (χ1) is 5.83. The lowest BCUT2D eigenvalue weighted by Crippen LogP contribution is -1.96. The lowest BCUT2D eigenvalue weighted by atomic mass is 10.2. The van der Waals surface area contributed by atoms with Crippen LogP contribution in [-0.2, 0) is 0 Å². The van der Waals surface area contributed by atoms with E-state index in [2.05, 4.69) is 13.0 Å². The lowest BCUT2D eigenvalue weighted by molar-refractivity contribution is 0.309. The number of hydrogen-bond acceptors (Lipinski definition) is 1. The van der Waals surface area contributed by atoms with Crippen LogP contribution in [0.5, 0.6) is 5.75 Å². The minimum atomic E-state index is 0.813. The summed E-state index contributed by atoms with van der Waals surface area (Å²) in [4.78, 5) is 0. The minimum Gasteiger partial charge on any atom is -0.494 e. The molecule has 12 heavy (non-hydrogen) atoms. The third-order valence-electron chi connectivity index (χ3n) is 1.67. The molecule has 0 N–H and O–H groups in total. The molecule has 1 heteroatoms. The fourth-order valence-corrected chi connectivity index (χ4v) is 0.981. The van der Waals surface area contributed by atoms with E-state index in [4.69, 9.17) is 4.74 Å². The Morgan fingerprint density at radius 3 is 2.92 bits per heavy atom. The molecule has 0 aliphatic rings. The Morgan fingerprint density at radius 1 is 1.42 bits per heavy atom. The van der Waals surface area contributed by atoms with Crippen LogP contribution in [0.15, 0.2) is 18.2 Å². The highest BCUT2D eigenvalue weighted by Gasteiger charge is 1.92. The molecule has 1 radical (unpaired) electrons. The van der Waals surface area contributed by atoms with Gasteiger partial charge in [0.2, 0.25) is 0 Å². The normalized spacial score (nSPS) is 9.83. The highest BCUT2D eigenvalue weighted by Crippen LogP contribution is 2.11. The summed E-state index contributed by atoms with van der Waals surface area (Å²) in [5.41, 5.74) is 1.20. The highest BCUT2D eigenvalue weighted by molar-refractivity contribution is 5.26. The van der Waals surface area contributed by atoms with Crippen LogP contribution >= 0.6 is 0 Å². The number of hydrogen-bond donors (Lipinski definition) is 0. The molecule has 0 aliphatic heterocycles. The van der Waals surface area contributed by atoms with Crippen LogP contribution in [0.4, 0.5) is 0 Å². The third-order valence-corrected chi connectivity index (χ3v) is 1.67.